The summed E-state index contributed by atoms with van der Waals surface area (Å²) in [5.74, 6) is 1.26. The lowest BCUT2D eigenvalue weighted by atomic mass is 10.1. The molecule has 0 amide bonds. The molecule has 0 N–H and O–H groups in total. The van der Waals surface area contributed by atoms with E-state index in [0.29, 0.717) is 11.7 Å². The monoisotopic (exact) mass is 242 g/mol. The topological polar surface area (TPSA) is 34.1 Å². The van der Waals surface area contributed by atoms with Crippen LogP contribution < -0.4 is 0 Å². The fourth-order valence-corrected chi connectivity index (χ4v) is 1.45. The molecule has 0 aromatic heterocycles. The van der Waals surface area contributed by atoms with Crippen molar-refractivity contribution in [1.29, 1.82) is 0 Å². The van der Waals surface area contributed by atoms with Gasteiger partial charge in [0.25, 0.3) is 0 Å². The Morgan fingerprint density at radius 2 is 1.35 bits per heavy atom. The van der Waals surface area contributed by atoms with Gasteiger partial charge in [0.2, 0.25) is 0 Å². The van der Waals surface area contributed by atoms with Gasteiger partial charge < -0.3 is 4.79 Å². The highest BCUT2D eigenvalue weighted by Crippen LogP contribution is 2.02. The Hall–Kier alpha value is -0.660. The van der Waals surface area contributed by atoms with E-state index in [1.807, 2.05) is 13.8 Å². The molecule has 0 atom stereocenters. The number of Topliss-reactive ketones (excluding diaryl/α,β-unsaturated/α-hetero) is 2. The van der Waals surface area contributed by atoms with Crippen LogP contribution in [-0.2, 0) is 9.59 Å². The molecule has 0 saturated carbocycles. The lowest BCUT2D eigenvalue weighted by molar-refractivity contribution is -0.119. The zero-order valence-corrected chi connectivity index (χ0v) is 12.3. The minimum absolute atomic E-state index is 0.287. The Kier molecular flexibility index (Phi) is 14.7. The Balaban J connectivity index is 0. The van der Waals surface area contributed by atoms with Crippen LogP contribution in [0.25, 0.3) is 0 Å². The van der Waals surface area contributed by atoms with Gasteiger partial charge in [0, 0.05) is 19.3 Å². The van der Waals surface area contributed by atoms with E-state index in [4.69, 9.17) is 0 Å². The largest absolute Gasteiger partial charge is 0.300 e. The summed E-state index contributed by atoms with van der Waals surface area (Å²) < 4.78 is 0. The van der Waals surface area contributed by atoms with Crippen molar-refractivity contribution in [1.82, 2.24) is 0 Å². The van der Waals surface area contributed by atoms with E-state index in [2.05, 4.69) is 13.8 Å². The van der Waals surface area contributed by atoms with E-state index < -0.39 is 0 Å². The quantitative estimate of drug-likeness (QED) is 0.625. The van der Waals surface area contributed by atoms with Crippen molar-refractivity contribution in [2.45, 2.75) is 79.6 Å². The fourth-order valence-electron chi connectivity index (χ4n) is 1.45. The van der Waals surface area contributed by atoms with Crippen LogP contribution in [-0.4, -0.2) is 11.6 Å². The number of hydrogen-bond donors (Lipinski definition) is 0. The zero-order valence-electron chi connectivity index (χ0n) is 12.3. The van der Waals surface area contributed by atoms with Gasteiger partial charge in [0.1, 0.15) is 11.6 Å². The minimum atomic E-state index is 0.287. The van der Waals surface area contributed by atoms with Crippen molar-refractivity contribution in [3.8, 4) is 0 Å². The average Bonchev–Trinajstić information content (AvgIpc) is 2.22. The molecule has 17 heavy (non-hydrogen) atoms. The van der Waals surface area contributed by atoms with Crippen LogP contribution in [0.1, 0.15) is 79.6 Å². The van der Waals surface area contributed by atoms with E-state index in [1.165, 1.54) is 0 Å². The van der Waals surface area contributed by atoms with Crippen LogP contribution in [0.5, 0.6) is 0 Å². The average molecular weight is 242 g/mol. The first kappa shape index (κ1) is 18.7. The molecule has 2 heteroatoms. The second-order valence-electron chi connectivity index (χ2n) is 5.05. The second kappa shape index (κ2) is 13.4. The molecular weight excluding hydrogens is 212 g/mol. The third kappa shape index (κ3) is 21.2. The summed E-state index contributed by atoms with van der Waals surface area (Å²) in [6.45, 7) is 9.95. The van der Waals surface area contributed by atoms with Crippen molar-refractivity contribution < 1.29 is 9.59 Å². The third-order valence-electron chi connectivity index (χ3n) is 2.31. The molecule has 2 nitrogen and oxygen atoms in total. The Labute approximate surface area is 107 Å². The van der Waals surface area contributed by atoms with Gasteiger partial charge in [-0.25, -0.2) is 0 Å². The predicted octanol–water partition coefficient (Wildman–Crippen LogP) is 4.56. The standard InChI is InChI=1S/C9H18O.C6H12O/c1-3-5-7-9(10)8-6-4-2;1-5(2)4-6(3)7/h3-8H2,1-2H3;5H,4H2,1-3H3. The van der Waals surface area contributed by atoms with Gasteiger partial charge >= 0.3 is 0 Å². The number of ketones is 2. The van der Waals surface area contributed by atoms with Gasteiger partial charge in [-0.3, -0.25) is 4.79 Å². The Morgan fingerprint density at radius 1 is 0.941 bits per heavy atom. The molecule has 0 rings (SSSR count). The summed E-state index contributed by atoms with van der Waals surface area (Å²) in [7, 11) is 0. The molecule has 0 fully saturated rings. The number of carbonyl (C=O) groups excluding carboxylic acids is 2. The molecule has 0 bridgehead atoms. The second-order valence-corrected chi connectivity index (χ2v) is 5.05. The molecule has 0 unspecified atom stereocenters. The van der Waals surface area contributed by atoms with E-state index in [0.717, 1.165) is 44.9 Å². The molecular formula is C15H30O2. The van der Waals surface area contributed by atoms with E-state index >= 15 is 0 Å². The number of hydrogen-bond acceptors (Lipinski definition) is 2. The van der Waals surface area contributed by atoms with Crippen molar-refractivity contribution in [2.75, 3.05) is 0 Å². The van der Waals surface area contributed by atoms with Crippen LogP contribution in [0.4, 0.5) is 0 Å². The van der Waals surface area contributed by atoms with Crippen molar-refractivity contribution >= 4 is 11.6 Å². The lowest BCUT2D eigenvalue weighted by Gasteiger charge is -1.96. The first-order valence-corrected chi connectivity index (χ1v) is 6.95. The molecule has 0 aliphatic heterocycles. The Morgan fingerprint density at radius 3 is 1.53 bits per heavy atom. The maximum absolute atomic E-state index is 11.0. The third-order valence-corrected chi connectivity index (χ3v) is 2.31. The first-order chi connectivity index (χ1) is 7.93. The summed E-state index contributed by atoms with van der Waals surface area (Å²) >= 11 is 0. The molecule has 102 valence electrons. The molecule has 0 aromatic carbocycles. The summed E-state index contributed by atoms with van der Waals surface area (Å²) in [5, 5.41) is 0. The predicted molar refractivity (Wildman–Crippen MR) is 74.2 cm³/mol. The van der Waals surface area contributed by atoms with E-state index in [1.54, 1.807) is 6.92 Å². The summed E-state index contributed by atoms with van der Waals surface area (Å²) in [6, 6.07) is 0. The van der Waals surface area contributed by atoms with Gasteiger partial charge in [-0.1, -0.05) is 40.5 Å². The van der Waals surface area contributed by atoms with Crippen LogP contribution in [0.2, 0.25) is 0 Å². The maximum atomic E-state index is 11.0. The highest BCUT2D eigenvalue weighted by atomic mass is 16.1. The lowest BCUT2D eigenvalue weighted by Crippen LogP contribution is -1.96. The van der Waals surface area contributed by atoms with Crippen LogP contribution >= 0.6 is 0 Å². The zero-order chi connectivity index (χ0) is 13.7. The molecule has 0 heterocycles. The smallest absolute Gasteiger partial charge is 0.132 e. The van der Waals surface area contributed by atoms with Gasteiger partial charge in [-0.05, 0) is 25.7 Å². The number of rotatable bonds is 8. The first-order valence-electron chi connectivity index (χ1n) is 6.95. The summed E-state index contributed by atoms with van der Waals surface area (Å²) in [6.07, 6.45) is 6.74. The van der Waals surface area contributed by atoms with Gasteiger partial charge in [-0.15, -0.1) is 0 Å². The van der Waals surface area contributed by atoms with Gasteiger partial charge in [0.15, 0.2) is 0 Å². The highest BCUT2D eigenvalue weighted by molar-refractivity contribution is 5.78. The maximum Gasteiger partial charge on any atom is 0.132 e. The molecule has 0 radical (unpaired) electrons. The molecule has 0 aromatic rings. The summed E-state index contributed by atoms with van der Waals surface area (Å²) in [4.78, 5) is 21.2. The van der Waals surface area contributed by atoms with Crippen molar-refractivity contribution in [3.05, 3.63) is 0 Å². The number of unbranched alkanes of at least 4 members (excludes halogenated alkanes) is 2. The molecule has 0 aliphatic carbocycles. The molecule has 0 aliphatic rings. The van der Waals surface area contributed by atoms with Crippen LogP contribution in [0.15, 0.2) is 0 Å². The minimum Gasteiger partial charge on any atom is -0.300 e. The van der Waals surface area contributed by atoms with Crippen LogP contribution in [0.3, 0.4) is 0 Å². The van der Waals surface area contributed by atoms with Crippen molar-refractivity contribution in [3.63, 3.8) is 0 Å². The van der Waals surface area contributed by atoms with Gasteiger partial charge in [0.05, 0.1) is 0 Å². The number of carbonyl (C=O) groups is 2. The van der Waals surface area contributed by atoms with Crippen LogP contribution in [0, 0.1) is 5.92 Å². The fraction of sp³-hybridized carbons (Fsp3) is 0.867. The molecule has 0 saturated heterocycles. The Bertz CT molecular complexity index is 185. The van der Waals surface area contributed by atoms with E-state index in [9.17, 15) is 9.59 Å². The molecule has 0 spiro atoms. The highest BCUT2D eigenvalue weighted by Gasteiger charge is 1.98. The van der Waals surface area contributed by atoms with Crippen molar-refractivity contribution in [2.24, 2.45) is 5.92 Å². The normalized spacial score (nSPS) is 9.76. The SMILES string of the molecule is CC(=O)CC(C)C.CCCCC(=O)CCCC. The van der Waals surface area contributed by atoms with Gasteiger partial charge in [-0.2, -0.15) is 0 Å². The van der Waals surface area contributed by atoms with E-state index in [-0.39, 0.29) is 5.78 Å². The summed E-state index contributed by atoms with van der Waals surface area (Å²) in [5.41, 5.74) is 0.